The van der Waals surface area contributed by atoms with Gasteiger partial charge in [0, 0.05) is 31.7 Å². The average Bonchev–Trinajstić information content (AvgIpc) is 3.56. The molecule has 1 aliphatic heterocycles. The van der Waals surface area contributed by atoms with E-state index in [4.69, 9.17) is 4.98 Å². The number of nitrogens with one attached hydrogen (secondary N) is 1. The van der Waals surface area contributed by atoms with E-state index in [-0.39, 0.29) is 0 Å². The maximum absolute atomic E-state index is 5.00. The second-order valence-corrected chi connectivity index (χ2v) is 10.8. The Balaban J connectivity index is 1.26. The highest BCUT2D eigenvalue weighted by Crippen LogP contribution is 2.37. The van der Waals surface area contributed by atoms with E-state index in [1.165, 1.54) is 66.8 Å². The Hall–Kier alpha value is -1.95. The van der Waals surface area contributed by atoms with Gasteiger partial charge in [-0.15, -0.1) is 11.3 Å². The molecule has 5 heteroatoms. The highest BCUT2D eigenvalue weighted by Gasteiger charge is 2.35. The van der Waals surface area contributed by atoms with E-state index in [0.29, 0.717) is 0 Å². The van der Waals surface area contributed by atoms with Crippen molar-refractivity contribution < 1.29 is 0 Å². The minimum atomic E-state index is 0.990. The van der Waals surface area contributed by atoms with Gasteiger partial charge < -0.3 is 10.2 Å². The fourth-order valence-corrected chi connectivity index (χ4v) is 6.64. The van der Waals surface area contributed by atoms with Gasteiger partial charge in [0.05, 0.1) is 21.6 Å². The predicted molar refractivity (Wildman–Crippen MR) is 142 cm³/mol. The molecule has 5 rings (SSSR count). The predicted octanol–water partition coefficient (Wildman–Crippen LogP) is 6.34. The van der Waals surface area contributed by atoms with Crippen LogP contribution in [0.3, 0.4) is 0 Å². The summed E-state index contributed by atoms with van der Waals surface area (Å²) in [6, 6.07) is 13.3. The van der Waals surface area contributed by atoms with Crippen molar-refractivity contribution in [1.29, 1.82) is 0 Å². The van der Waals surface area contributed by atoms with Crippen LogP contribution in [-0.2, 0) is 6.54 Å². The summed E-state index contributed by atoms with van der Waals surface area (Å²) >= 11 is 1.79. The molecule has 1 N–H and O–H groups in total. The fraction of sp³-hybridized carbons (Fsp3) is 0.536. The van der Waals surface area contributed by atoms with Crippen LogP contribution in [0.25, 0.3) is 21.5 Å². The first-order valence-electron chi connectivity index (χ1n) is 12.9. The topological polar surface area (TPSA) is 31.4 Å². The molecule has 4 nitrogen and oxygen atoms in total. The number of hydrogen-bond donors (Lipinski definition) is 1. The smallest absolute Gasteiger partial charge is 0.0838 e. The Bertz CT molecular complexity index is 1040. The molecule has 0 radical (unpaired) electrons. The van der Waals surface area contributed by atoms with Gasteiger partial charge in [0.2, 0.25) is 0 Å². The quantitative estimate of drug-likeness (QED) is 0.356. The van der Waals surface area contributed by atoms with E-state index in [2.05, 4.69) is 70.7 Å². The van der Waals surface area contributed by atoms with E-state index in [1.807, 2.05) is 0 Å². The maximum Gasteiger partial charge on any atom is 0.0838 e. The molecule has 0 bridgehead atoms. The molecule has 1 aromatic carbocycles. The summed E-state index contributed by atoms with van der Waals surface area (Å²) in [4.78, 5) is 10.2. The van der Waals surface area contributed by atoms with Gasteiger partial charge in [-0.05, 0) is 79.9 Å². The van der Waals surface area contributed by atoms with Crippen molar-refractivity contribution >= 4 is 27.2 Å². The molecule has 1 aliphatic carbocycles. The molecular formula is C28H38N4S. The fourth-order valence-electron chi connectivity index (χ4n) is 5.81. The van der Waals surface area contributed by atoms with E-state index in [1.54, 1.807) is 11.3 Å². The van der Waals surface area contributed by atoms with Gasteiger partial charge in [-0.3, -0.25) is 4.90 Å². The number of hydrogen-bond acceptors (Lipinski definition) is 5. The second-order valence-electron chi connectivity index (χ2n) is 9.84. The molecule has 3 aromatic rings. The normalized spacial score (nSPS) is 20.7. The van der Waals surface area contributed by atoms with Crippen LogP contribution < -0.4 is 5.32 Å². The number of fused-ring (bicyclic) bond motifs is 2. The highest BCUT2D eigenvalue weighted by molar-refractivity contribution is 7.17. The number of pyridine rings is 1. The summed E-state index contributed by atoms with van der Waals surface area (Å²) in [7, 11) is 0. The second kappa shape index (κ2) is 10.5. The lowest BCUT2D eigenvalue weighted by Crippen LogP contribution is -2.24. The zero-order valence-electron chi connectivity index (χ0n) is 20.2. The standard InChI is InChI=1S/C28H38N4S/c1-3-31(4-2)18-21-8-5-9-22(16-21)26-17-27(28-25(30-26)12-15-33-28)29-13-7-14-32-19-23-10-6-11-24(23)20-32/h5,8-9,12,15-17,23-24H,3-4,6-7,10-11,13-14,18-20H2,1-2H3,(H,29,30). The van der Waals surface area contributed by atoms with Gasteiger partial charge in [-0.2, -0.15) is 0 Å². The van der Waals surface area contributed by atoms with Crippen molar-refractivity contribution in [3.05, 3.63) is 47.3 Å². The third-order valence-corrected chi connectivity index (χ3v) is 8.64. The van der Waals surface area contributed by atoms with Crippen molar-refractivity contribution in [3.63, 3.8) is 0 Å². The van der Waals surface area contributed by atoms with E-state index < -0.39 is 0 Å². The molecule has 2 aliphatic rings. The van der Waals surface area contributed by atoms with Gasteiger partial charge in [0.25, 0.3) is 0 Å². The van der Waals surface area contributed by atoms with Crippen LogP contribution in [0, 0.1) is 11.8 Å². The average molecular weight is 463 g/mol. The Morgan fingerprint density at radius 3 is 2.70 bits per heavy atom. The number of benzene rings is 1. The van der Waals surface area contributed by atoms with Crippen LogP contribution in [0.5, 0.6) is 0 Å². The van der Waals surface area contributed by atoms with Crippen LogP contribution in [0.2, 0.25) is 0 Å². The van der Waals surface area contributed by atoms with Crippen LogP contribution >= 0.6 is 11.3 Å². The van der Waals surface area contributed by atoms with Crippen molar-refractivity contribution in [3.8, 4) is 11.3 Å². The summed E-state index contributed by atoms with van der Waals surface area (Å²) in [6.07, 6.45) is 5.59. The zero-order valence-corrected chi connectivity index (χ0v) is 21.0. The largest absolute Gasteiger partial charge is 0.384 e. The Labute approximate surface area is 203 Å². The molecule has 1 saturated carbocycles. The first-order chi connectivity index (χ1) is 16.2. The summed E-state index contributed by atoms with van der Waals surface area (Å²) in [5.74, 6) is 1.98. The number of anilines is 1. The maximum atomic E-state index is 5.00. The third kappa shape index (κ3) is 5.26. The van der Waals surface area contributed by atoms with Gasteiger partial charge >= 0.3 is 0 Å². The molecule has 2 unspecified atom stereocenters. The summed E-state index contributed by atoms with van der Waals surface area (Å²) in [5, 5.41) is 5.92. The molecular weight excluding hydrogens is 424 g/mol. The number of likely N-dealkylation sites (tertiary alicyclic amines) is 1. The van der Waals surface area contributed by atoms with Crippen molar-refractivity contribution in [2.24, 2.45) is 11.8 Å². The van der Waals surface area contributed by atoms with Gasteiger partial charge in [0.1, 0.15) is 0 Å². The Morgan fingerprint density at radius 2 is 1.91 bits per heavy atom. The van der Waals surface area contributed by atoms with E-state index in [9.17, 15) is 0 Å². The SMILES string of the molecule is CCN(CC)Cc1cccc(-c2cc(NCCCN3CC4CCCC4C3)c3sccc3n2)c1. The van der Waals surface area contributed by atoms with Crippen LogP contribution in [0.1, 0.15) is 45.1 Å². The number of rotatable bonds is 10. The molecule has 0 amide bonds. The van der Waals surface area contributed by atoms with Crippen molar-refractivity contribution in [1.82, 2.24) is 14.8 Å². The highest BCUT2D eigenvalue weighted by atomic mass is 32.1. The summed E-state index contributed by atoms with van der Waals surface area (Å²) < 4.78 is 1.27. The minimum Gasteiger partial charge on any atom is -0.384 e. The number of thiophene rings is 1. The molecule has 2 fully saturated rings. The van der Waals surface area contributed by atoms with Crippen LogP contribution in [0.4, 0.5) is 5.69 Å². The van der Waals surface area contributed by atoms with Gasteiger partial charge in [-0.25, -0.2) is 4.98 Å². The minimum absolute atomic E-state index is 0.990. The molecule has 2 aromatic heterocycles. The molecule has 2 atom stereocenters. The molecule has 0 spiro atoms. The lowest BCUT2D eigenvalue weighted by Gasteiger charge is -2.18. The van der Waals surface area contributed by atoms with Crippen LogP contribution in [0.15, 0.2) is 41.8 Å². The summed E-state index contributed by atoms with van der Waals surface area (Å²) in [5.41, 5.74) is 5.96. The van der Waals surface area contributed by atoms with Crippen molar-refractivity contribution in [2.75, 3.05) is 44.6 Å². The molecule has 176 valence electrons. The molecule has 3 heterocycles. The molecule has 33 heavy (non-hydrogen) atoms. The summed E-state index contributed by atoms with van der Waals surface area (Å²) in [6.45, 7) is 12.5. The van der Waals surface area contributed by atoms with Gasteiger partial charge in [-0.1, -0.05) is 38.5 Å². The van der Waals surface area contributed by atoms with E-state index >= 15 is 0 Å². The first-order valence-corrected chi connectivity index (χ1v) is 13.8. The third-order valence-electron chi connectivity index (χ3n) is 7.70. The van der Waals surface area contributed by atoms with Crippen LogP contribution in [-0.4, -0.2) is 54.1 Å². The lowest BCUT2D eigenvalue weighted by atomic mass is 10.0. The zero-order chi connectivity index (χ0) is 22.6. The number of nitrogens with zero attached hydrogens (tertiary/aromatic N) is 3. The first kappa shape index (κ1) is 22.8. The monoisotopic (exact) mass is 462 g/mol. The Kier molecular flexibility index (Phi) is 7.29. The number of aromatic nitrogens is 1. The Morgan fingerprint density at radius 1 is 1.09 bits per heavy atom. The van der Waals surface area contributed by atoms with E-state index in [0.717, 1.165) is 49.2 Å². The van der Waals surface area contributed by atoms with Crippen molar-refractivity contribution in [2.45, 2.75) is 46.1 Å². The molecule has 1 saturated heterocycles. The van der Waals surface area contributed by atoms with Gasteiger partial charge in [0.15, 0.2) is 0 Å². The lowest BCUT2D eigenvalue weighted by molar-refractivity contribution is 0.296.